The van der Waals surface area contributed by atoms with Crippen molar-refractivity contribution in [3.63, 3.8) is 0 Å². The van der Waals surface area contributed by atoms with Crippen LogP contribution in [0, 0.1) is 5.41 Å². The van der Waals surface area contributed by atoms with Gasteiger partial charge in [-0.3, -0.25) is 14.3 Å². The minimum atomic E-state index is -5.79. The molecule has 0 aromatic rings. The molecule has 0 saturated heterocycles. The highest BCUT2D eigenvalue weighted by molar-refractivity contribution is 6.61. The number of carbonyl (C=O) groups excluding carboxylic acids is 1. The van der Waals surface area contributed by atoms with Crippen LogP contribution in [0.5, 0.6) is 0 Å². The fraction of sp³-hybridized carbons (Fsp3) is 0.977. The van der Waals surface area contributed by atoms with E-state index in [0.29, 0.717) is 0 Å². The van der Waals surface area contributed by atoms with Crippen LogP contribution in [-0.2, 0) is 73.0 Å². The Balaban J connectivity index is 3.08. The number of hydrogen-bond acceptors (Lipinski definition) is 16. The van der Waals surface area contributed by atoms with Gasteiger partial charge in [-0.2, -0.15) is 61.5 Å². The maximum Gasteiger partial charge on any atom is 0.500 e. The number of nitrogens with one attached hydrogen (secondary N) is 1. The monoisotopic (exact) mass is 1320 g/mol. The molecular weight excluding hydrogens is 1250 g/mol. The molecule has 0 aromatic heterocycles. The zero-order valence-corrected chi connectivity index (χ0v) is 49.7. The average molecular weight is 1320 g/mol. The van der Waals surface area contributed by atoms with Crippen LogP contribution in [0.2, 0.25) is 18.1 Å². The highest BCUT2D eigenvalue weighted by Gasteiger charge is 2.64. The third-order valence-corrected chi connectivity index (χ3v) is 21.2. The highest BCUT2D eigenvalue weighted by atomic mass is 28.4. The lowest BCUT2D eigenvalue weighted by Gasteiger charge is -2.45. The van der Waals surface area contributed by atoms with Gasteiger partial charge in [0.2, 0.25) is 0 Å². The number of hydrogen-bond donors (Lipinski definition) is 1. The second-order valence-corrected chi connectivity index (χ2v) is 28.4. The zero-order valence-electron chi connectivity index (χ0n) is 46.7. The fourth-order valence-electron chi connectivity index (χ4n) is 8.40. The molecule has 1 saturated carbocycles. The van der Waals surface area contributed by atoms with Gasteiger partial charge in [-0.25, -0.2) is 26.3 Å². The van der Waals surface area contributed by atoms with Crippen molar-refractivity contribution >= 4 is 32.3 Å². The predicted molar refractivity (Wildman–Crippen MR) is 250 cm³/mol. The first-order valence-electron chi connectivity index (χ1n) is 24.7. The summed E-state index contributed by atoms with van der Waals surface area (Å²) in [5, 5.41) is 1.90. The Kier molecular flexibility index (Phi) is 30.1. The topological polar surface area (TPSA) is 168 Å². The molecule has 1 amide bonds. The van der Waals surface area contributed by atoms with Crippen molar-refractivity contribution in [2.75, 3.05) is 97.0 Å². The molecule has 0 aliphatic heterocycles. The predicted octanol–water partition coefficient (Wildman–Crippen LogP) is 11.0. The van der Waals surface area contributed by atoms with Crippen LogP contribution in [0.25, 0.3) is 0 Å². The lowest BCUT2D eigenvalue weighted by atomic mass is 9.75. The molecular formula is C43H71F20NO16Si3. The maximum absolute atomic E-state index is 15.4. The van der Waals surface area contributed by atoms with E-state index in [4.69, 9.17) is 39.8 Å². The molecule has 0 aromatic carbocycles. The largest absolute Gasteiger partial charge is 0.500 e. The van der Waals surface area contributed by atoms with Crippen LogP contribution >= 0.6 is 0 Å². The van der Waals surface area contributed by atoms with E-state index in [1.54, 1.807) is 0 Å². The van der Waals surface area contributed by atoms with Crippen LogP contribution in [-0.4, -0.2) is 202 Å². The highest BCUT2D eigenvalue weighted by Crippen LogP contribution is 2.48. The normalized spacial score (nSPS) is 17.8. The van der Waals surface area contributed by atoms with Gasteiger partial charge in [0.15, 0.2) is 6.10 Å². The van der Waals surface area contributed by atoms with Crippen molar-refractivity contribution in [2.45, 2.75) is 168 Å². The van der Waals surface area contributed by atoms with Crippen LogP contribution in [0.3, 0.4) is 0 Å². The summed E-state index contributed by atoms with van der Waals surface area (Å²) in [5.41, 5.74) is -1.22. The summed E-state index contributed by atoms with van der Waals surface area (Å²) in [7, 11) is 1.99. The first-order chi connectivity index (χ1) is 37.7. The van der Waals surface area contributed by atoms with E-state index in [2.05, 4.69) is 28.4 Å². The van der Waals surface area contributed by atoms with Gasteiger partial charge < -0.3 is 64.1 Å². The summed E-state index contributed by atoms with van der Waals surface area (Å²) in [6, 6.07) is 0.408. The SMILES string of the molecule is CCC(F)(F)OC1CC(F)(F)C1OC(F)(F)CC(F)(F)COCC(F)(F)OC(F)(F)CC(F)(F)COCC(F)(F)OC(F)(F)CC(F)(F)C(=O)NCC(CCC[Si](OC)(OC)OC)(CCC[Si](OC)(OC)OC)CCC[Si](OC)(OC)OC. The molecule has 1 fully saturated rings. The number of alkyl halides is 20. The quantitative estimate of drug-likeness (QED) is 0.0451. The van der Waals surface area contributed by atoms with E-state index in [1.165, 1.54) is 64.0 Å². The lowest BCUT2D eigenvalue weighted by molar-refractivity contribution is -0.403. The van der Waals surface area contributed by atoms with Crippen LogP contribution < -0.4 is 5.32 Å². The molecule has 1 aliphatic rings. The van der Waals surface area contributed by atoms with E-state index in [9.17, 15) is 83.8 Å². The average Bonchev–Trinajstić information content (AvgIpc) is 3.34. The van der Waals surface area contributed by atoms with E-state index in [-0.39, 0.29) is 56.7 Å². The summed E-state index contributed by atoms with van der Waals surface area (Å²) in [6.07, 6.45) is -49.0. The van der Waals surface area contributed by atoms with E-state index < -0.39 is 175 Å². The Morgan fingerprint density at radius 2 is 0.807 bits per heavy atom. The summed E-state index contributed by atoms with van der Waals surface area (Å²) < 4.78 is 356. The van der Waals surface area contributed by atoms with Gasteiger partial charge in [0.1, 0.15) is 51.8 Å². The van der Waals surface area contributed by atoms with Crippen molar-refractivity contribution in [3.8, 4) is 0 Å². The molecule has 2 atom stereocenters. The Labute approximate surface area is 468 Å². The standard InChI is InChI=1S/C43H71F20NO16Si3/c1-11-38(52,53)77-30-21-36(48,49)31(30)78-39(54,55)22-34(44,45)26-75-28-42(60,61)79-40(56,57)23-35(46,47)27-76-29-43(62,63)80-41(58,59)24-37(50,51)32(65)64-25-33(15-12-18-81(66-2,67-3)68-4,16-13-19-82(69-5,70-6)71-7)17-14-20-83(72-8,73-9)74-10/h30-31H,11-29H2,1-10H3,(H,64,65). The summed E-state index contributed by atoms with van der Waals surface area (Å²) in [6.45, 7) is -10.6. The van der Waals surface area contributed by atoms with Crippen molar-refractivity contribution in [1.82, 2.24) is 5.32 Å². The van der Waals surface area contributed by atoms with Gasteiger partial charge in [0, 0.05) is 102 Å². The van der Waals surface area contributed by atoms with Crippen molar-refractivity contribution in [3.05, 3.63) is 0 Å². The second-order valence-electron chi connectivity index (χ2n) is 19.1. The molecule has 40 heteroatoms. The third-order valence-electron chi connectivity index (χ3n) is 12.7. The molecule has 0 heterocycles. The first-order valence-corrected chi connectivity index (χ1v) is 30.4. The van der Waals surface area contributed by atoms with Gasteiger partial charge in [0.25, 0.3) is 23.7 Å². The molecule has 1 aliphatic carbocycles. The molecule has 83 heavy (non-hydrogen) atoms. The van der Waals surface area contributed by atoms with Crippen LogP contribution in [0.4, 0.5) is 87.8 Å². The summed E-state index contributed by atoms with van der Waals surface area (Å²) in [5.74, 6) is -22.3. The third kappa shape index (κ3) is 26.8. The lowest BCUT2D eigenvalue weighted by Crippen LogP contribution is -2.62. The Morgan fingerprint density at radius 1 is 0.470 bits per heavy atom. The number of ether oxygens (including phenoxy) is 6. The molecule has 496 valence electrons. The first kappa shape index (κ1) is 79.1. The van der Waals surface area contributed by atoms with Crippen molar-refractivity contribution < 1.29 is 161 Å². The second kappa shape index (κ2) is 31.5. The maximum atomic E-state index is 15.4. The molecule has 2 unspecified atom stereocenters. The number of halogens is 20. The van der Waals surface area contributed by atoms with Crippen LogP contribution in [0.15, 0.2) is 0 Å². The van der Waals surface area contributed by atoms with Gasteiger partial charge in [-0.05, 0) is 43.9 Å². The molecule has 1 N–H and O–H groups in total. The molecule has 0 spiro atoms. The minimum Gasteiger partial charge on any atom is -0.377 e. The Bertz CT molecular complexity index is 1830. The van der Waals surface area contributed by atoms with Gasteiger partial charge in [0.05, 0.1) is 0 Å². The Hall–Kier alpha value is -1.88. The molecule has 17 nitrogen and oxygen atoms in total. The fourth-order valence-corrected chi connectivity index (χ4v) is 13.6. The number of carbonyl (C=O) groups is 1. The minimum absolute atomic E-state index is 0.0755. The summed E-state index contributed by atoms with van der Waals surface area (Å²) >= 11 is 0. The van der Waals surface area contributed by atoms with Crippen molar-refractivity contribution in [2.24, 2.45) is 5.41 Å². The smallest absolute Gasteiger partial charge is 0.377 e. The molecule has 0 bridgehead atoms. The van der Waals surface area contributed by atoms with E-state index in [0.717, 1.165) is 6.92 Å². The van der Waals surface area contributed by atoms with Gasteiger partial charge >= 0.3 is 69.0 Å². The Morgan fingerprint density at radius 3 is 1.13 bits per heavy atom. The van der Waals surface area contributed by atoms with E-state index >= 15 is 8.78 Å². The molecule has 1 rings (SSSR count). The zero-order chi connectivity index (χ0) is 64.5. The van der Waals surface area contributed by atoms with Gasteiger partial charge in [-0.15, -0.1) is 0 Å². The number of amides is 1. The van der Waals surface area contributed by atoms with Gasteiger partial charge in [-0.1, -0.05) is 6.92 Å². The van der Waals surface area contributed by atoms with Crippen LogP contribution in [0.1, 0.15) is 77.6 Å². The summed E-state index contributed by atoms with van der Waals surface area (Å²) in [4.78, 5) is 13.1. The van der Waals surface area contributed by atoms with Crippen molar-refractivity contribution in [1.29, 1.82) is 0 Å². The number of rotatable bonds is 47. The molecule has 0 radical (unpaired) electrons. The van der Waals surface area contributed by atoms with E-state index in [1.807, 2.05) is 5.32 Å².